The largest absolute Gasteiger partial charge is 0.394 e. The quantitative estimate of drug-likeness (QED) is 0.0427. The molecule has 0 aromatic carbocycles. The van der Waals surface area contributed by atoms with Crippen LogP contribution < -0.4 is 5.32 Å². The number of unbranched alkanes of at least 4 members (excludes halogenated alkanes) is 26. The van der Waals surface area contributed by atoms with Crippen LogP contribution in [0.25, 0.3) is 0 Å². The molecule has 4 nitrogen and oxygen atoms in total. The number of rotatable bonds is 43. The van der Waals surface area contributed by atoms with E-state index in [2.05, 4.69) is 79.9 Å². The van der Waals surface area contributed by atoms with Crippen molar-refractivity contribution in [1.82, 2.24) is 5.32 Å². The standard InChI is InChI=1S/C51H93NO3/c1-3-5-7-9-11-13-14-15-16-17-18-19-20-21-22-23-24-25-26-27-28-29-30-31-32-33-34-35-36-37-38-39-41-43-45-47-51(55)52-49(48-53)50(54)46-44-42-40-12-10-8-6-4-2/h5,7,11,13,15-16,18-19,21-22,49-50,53-54H,3-4,6,8-10,12,14,17,20,23-48H2,1-2H3,(H,52,55)/b7-5-,13-11-,16-15-,19-18-,22-21-. The summed E-state index contributed by atoms with van der Waals surface area (Å²) in [4.78, 5) is 12.4. The molecule has 55 heavy (non-hydrogen) atoms. The zero-order valence-corrected chi connectivity index (χ0v) is 36.7. The molecule has 0 saturated carbocycles. The van der Waals surface area contributed by atoms with Gasteiger partial charge in [0.1, 0.15) is 0 Å². The lowest BCUT2D eigenvalue weighted by molar-refractivity contribution is -0.123. The molecular formula is C51H93NO3. The number of allylic oxidation sites excluding steroid dienone is 10. The number of aliphatic hydroxyl groups excluding tert-OH is 2. The molecule has 0 aliphatic carbocycles. The molecule has 0 aromatic rings. The summed E-state index contributed by atoms with van der Waals surface area (Å²) < 4.78 is 0. The van der Waals surface area contributed by atoms with Crippen LogP contribution >= 0.6 is 0 Å². The van der Waals surface area contributed by atoms with Crippen molar-refractivity contribution in [2.24, 2.45) is 0 Å². The van der Waals surface area contributed by atoms with Crippen molar-refractivity contribution in [2.75, 3.05) is 6.61 Å². The molecule has 0 spiro atoms. The van der Waals surface area contributed by atoms with Crippen molar-refractivity contribution in [2.45, 2.75) is 251 Å². The molecule has 1 amide bonds. The second-order valence-corrected chi connectivity index (χ2v) is 16.2. The third-order valence-electron chi connectivity index (χ3n) is 10.8. The van der Waals surface area contributed by atoms with Crippen molar-refractivity contribution in [3.8, 4) is 0 Å². The van der Waals surface area contributed by atoms with Crippen molar-refractivity contribution in [3.63, 3.8) is 0 Å². The van der Waals surface area contributed by atoms with Gasteiger partial charge in [-0.3, -0.25) is 4.79 Å². The Morgan fingerprint density at radius 3 is 1.20 bits per heavy atom. The van der Waals surface area contributed by atoms with E-state index in [1.165, 1.54) is 154 Å². The Morgan fingerprint density at radius 2 is 0.800 bits per heavy atom. The van der Waals surface area contributed by atoms with Crippen molar-refractivity contribution in [1.29, 1.82) is 0 Å². The molecule has 0 fully saturated rings. The monoisotopic (exact) mass is 768 g/mol. The maximum atomic E-state index is 12.4. The molecule has 0 saturated heterocycles. The lowest BCUT2D eigenvalue weighted by atomic mass is 10.0. The van der Waals surface area contributed by atoms with E-state index in [9.17, 15) is 15.0 Å². The lowest BCUT2D eigenvalue weighted by Crippen LogP contribution is -2.45. The Labute approximate surface area is 343 Å². The molecule has 2 atom stereocenters. The molecular weight excluding hydrogens is 675 g/mol. The first-order valence-electron chi connectivity index (χ1n) is 24.0. The average molecular weight is 768 g/mol. The van der Waals surface area contributed by atoms with Gasteiger partial charge in [-0.25, -0.2) is 0 Å². The minimum atomic E-state index is -0.656. The highest BCUT2D eigenvalue weighted by atomic mass is 16.3. The first-order chi connectivity index (χ1) is 27.2. The van der Waals surface area contributed by atoms with Crippen LogP contribution in [-0.2, 0) is 4.79 Å². The Hall–Kier alpha value is -1.91. The predicted molar refractivity (Wildman–Crippen MR) is 244 cm³/mol. The van der Waals surface area contributed by atoms with E-state index >= 15 is 0 Å². The van der Waals surface area contributed by atoms with Gasteiger partial charge in [-0.05, 0) is 57.8 Å². The topological polar surface area (TPSA) is 69.6 Å². The van der Waals surface area contributed by atoms with Gasteiger partial charge in [0, 0.05) is 6.42 Å². The van der Waals surface area contributed by atoms with Crippen LogP contribution in [0.5, 0.6) is 0 Å². The molecule has 0 bridgehead atoms. The summed E-state index contributed by atoms with van der Waals surface area (Å²) in [6, 6.07) is -0.533. The molecule has 0 rings (SSSR count). The fourth-order valence-corrected chi connectivity index (χ4v) is 7.15. The molecule has 0 aliphatic rings. The maximum absolute atomic E-state index is 12.4. The number of carbonyl (C=O) groups excluding carboxylic acids is 1. The Kier molecular flexibility index (Phi) is 44.9. The first kappa shape index (κ1) is 53.1. The van der Waals surface area contributed by atoms with Gasteiger partial charge in [0.2, 0.25) is 5.91 Å². The maximum Gasteiger partial charge on any atom is 0.220 e. The van der Waals surface area contributed by atoms with Gasteiger partial charge in [0.25, 0.3) is 0 Å². The summed E-state index contributed by atoms with van der Waals surface area (Å²) in [5.74, 6) is -0.0338. The van der Waals surface area contributed by atoms with E-state index in [1.807, 2.05) is 0 Å². The first-order valence-corrected chi connectivity index (χ1v) is 24.0. The van der Waals surface area contributed by atoms with Crippen LogP contribution in [0, 0.1) is 0 Å². The highest BCUT2D eigenvalue weighted by Gasteiger charge is 2.20. The van der Waals surface area contributed by atoms with Gasteiger partial charge in [0.15, 0.2) is 0 Å². The van der Waals surface area contributed by atoms with Crippen LogP contribution in [0.4, 0.5) is 0 Å². The third-order valence-corrected chi connectivity index (χ3v) is 10.8. The summed E-state index contributed by atoms with van der Waals surface area (Å²) in [5.41, 5.74) is 0. The SMILES string of the molecule is CC/C=C\C/C=C\C/C=C\C/C=C\C/C=C\CCCCCCCCCCCCCCCCCCCCCC(=O)NC(CO)C(O)CCCCCCCCCC. The number of hydrogen-bond donors (Lipinski definition) is 3. The van der Waals surface area contributed by atoms with Crippen molar-refractivity contribution < 1.29 is 15.0 Å². The number of nitrogens with one attached hydrogen (secondary N) is 1. The van der Waals surface area contributed by atoms with Crippen LogP contribution in [-0.4, -0.2) is 34.9 Å². The normalized spacial score (nSPS) is 13.5. The zero-order valence-electron chi connectivity index (χ0n) is 36.7. The van der Waals surface area contributed by atoms with E-state index < -0.39 is 12.1 Å². The summed E-state index contributed by atoms with van der Waals surface area (Å²) in [5, 5.41) is 23.0. The van der Waals surface area contributed by atoms with E-state index in [4.69, 9.17) is 0 Å². The van der Waals surface area contributed by atoms with Crippen LogP contribution in [0.3, 0.4) is 0 Å². The molecule has 0 radical (unpaired) electrons. The van der Waals surface area contributed by atoms with Crippen LogP contribution in [0.2, 0.25) is 0 Å². The summed E-state index contributed by atoms with van der Waals surface area (Å²) in [6.07, 6.45) is 64.8. The Morgan fingerprint density at radius 1 is 0.455 bits per heavy atom. The van der Waals surface area contributed by atoms with E-state index in [0.29, 0.717) is 12.8 Å². The fraction of sp³-hybridized carbons (Fsp3) is 0.784. The molecule has 0 heterocycles. The van der Waals surface area contributed by atoms with E-state index in [-0.39, 0.29) is 12.5 Å². The fourth-order valence-electron chi connectivity index (χ4n) is 7.15. The highest BCUT2D eigenvalue weighted by molar-refractivity contribution is 5.76. The van der Waals surface area contributed by atoms with Gasteiger partial charge in [-0.2, -0.15) is 0 Å². The molecule has 0 aliphatic heterocycles. The predicted octanol–water partition coefficient (Wildman–Crippen LogP) is 15.3. The molecule has 3 N–H and O–H groups in total. The van der Waals surface area contributed by atoms with Crippen molar-refractivity contribution >= 4 is 5.91 Å². The van der Waals surface area contributed by atoms with Gasteiger partial charge < -0.3 is 15.5 Å². The molecule has 4 heteroatoms. The highest BCUT2D eigenvalue weighted by Crippen LogP contribution is 2.16. The van der Waals surface area contributed by atoms with E-state index in [0.717, 1.165) is 57.8 Å². The second kappa shape index (κ2) is 46.5. The third kappa shape index (κ3) is 43.1. The second-order valence-electron chi connectivity index (χ2n) is 16.2. The number of amides is 1. The Bertz CT molecular complexity index is 919. The van der Waals surface area contributed by atoms with Gasteiger partial charge in [-0.15, -0.1) is 0 Å². The molecule has 320 valence electrons. The number of aliphatic hydroxyl groups is 2. The summed E-state index contributed by atoms with van der Waals surface area (Å²) >= 11 is 0. The lowest BCUT2D eigenvalue weighted by Gasteiger charge is -2.22. The Balaban J connectivity index is 3.40. The molecule has 2 unspecified atom stereocenters. The summed E-state index contributed by atoms with van der Waals surface area (Å²) in [7, 11) is 0. The van der Waals surface area contributed by atoms with Crippen molar-refractivity contribution in [3.05, 3.63) is 60.8 Å². The summed E-state index contributed by atoms with van der Waals surface area (Å²) in [6.45, 7) is 4.21. The smallest absolute Gasteiger partial charge is 0.220 e. The minimum absolute atomic E-state index is 0.0338. The van der Waals surface area contributed by atoms with E-state index in [1.54, 1.807) is 0 Å². The van der Waals surface area contributed by atoms with Crippen LogP contribution in [0.1, 0.15) is 239 Å². The number of hydrogen-bond acceptors (Lipinski definition) is 3. The number of carbonyl (C=O) groups is 1. The van der Waals surface area contributed by atoms with Gasteiger partial charge in [-0.1, -0.05) is 235 Å². The van der Waals surface area contributed by atoms with Crippen LogP contribution in [0.15, 0.2) is 60.8 Å². The minimum Gasteiger partial charge on any atom is -0.394 e. The van der Waals surface area contributed by atoms with Gasteiger partial charge in [0.05, 0.1) is 18.8 Å². The average Bonchev–Trinajstić information content (AvgIpc) is 3.19. The van der Waals surface area contributed by atoms with Gasteiger partial charge >= 0.3 is 0 Å². The zero-order chi connectivity index (χ0) is 40.0. The molecule has 0 aromatic heterocycles.